The molecule has 3 aromatic rings. The number of hydrogen-bond acceptors (Lipinski definition) is 7. The number of thiazole rings is 1. The fourth-order valence-corrected chi connectivity index (χ4v) is 3.88. The third-order valence-electron chi connectivity index (χ3n) is 4.30. The van der Waals surface area contributed by atoms with Gasteiger partial charge in [0.15, 0.2) is 0 Å². The number of carbonyl (C=O) groups excluding carboxylic acids is 1. The minimum atomic E-state index is -0.484. The standard InChI is InChI=1S/C19H21ClN4O4S/c1-9(26-3)16-13(8-21-18-17(16)22-10(2)29-18)24-19(25)23-12-6-11(20)14(27-4)7-15(12)28-5/h6-9H,1-5H3,(H2,23,24,25). The van der Waals surface area contributed by atoms with Gasteiger partial charge in [0.1, 0.15) is 21.8 Å². The largest absolute Gasteiger partial charge is 0.495 e. The van der Waals surface area contributed by atoms with E-state index in [4.69, 9.17) is 25.8 Å². The number of methoxy groups -OCH3 is 3. The Labute approximate surface area is 177 Å². The summed E-state index contributed by atoms with van der Waals surface area (Å²) in [5.41, 5.74) is 2.38. The maximum absolute atomic E-state index is 12.7. The third kappa shape index (κ3) is 4.36. The molecule has 0 saturated heterocycles. The van der Waals surface area contributed by atoms with E-state index in [2.05, 4.69) is 20.6 Å². The normalized spacial score (nSPS) is 11.9. The third-order valence-corrected chi connectivity index (χ3v) is 5.48. The van der Waals surface area contributed by atoms with Gasteiger partial charge in [0.05, 0.1) is 47.9 Å². The number of rotatable bonds is 6. The van der Waals surface area contributed by atoms with Crippen LogP contribution in [0.2, 0.25) is 5.02 Å². The van der Waals surface area contributed by atoms with Gasteiger partial charge in [-0.05, 0) is 19.9 Å². The number of amides is 2. The molecular formula is C19H21ClN4O4S. The number of urea groups is 1. The highest BCUT2D eigenvalue weighted by Gasteiger charge is 2.20. The molecule has 0 aliphatic heterocycles. The molecule has 10 heteroatoms. The Bertz CT molecular complexity index is 1060. The molecule has 1 unspecified atom stereocenters. The van der Waals surface area contributed by atoms with Crippen molar-refractivity contribution in [3.8, 4) is 11.5 Å². The summed E-state index contributed by atoms with van der Waals surface area (Å²) in [6, 6.07) is 2.67. The molecule has 1 atom stereocenters. The summed E-state index contributed by atoms with van der Waals surface area (Å²) in [5.74, 6) is 0.856. The Kier molecular flexibility index (Phi) is 6.41. The van der Waals surface area contributed by atoms with Gasteiger partial charge in [-0.15, -0.1) is 0 Å². The maximum Gasteiger partial charge on any atom is 0.323 e. The van der Waals surface area contributed by atoms with Gasteiger partial charge in [-0.2, -0.15) is 0 Å². The Balaban J connectivity index is 1.91. The first kappa shape index (κ1) is 21.1. The zero-order valence-corrected chi connectivity index (χ0v) is 18.2. The number of nitrogens with zero attached hydrogens (tertiary/aromatic N) is 2. The molecular weight excluding hydrogens is 416 g/mol. The molecule has 3 rings (SSSR count). The van der Waals surface area contributed by atoms with E-state index in [1.807, 2.05) is 13.8 Å². The van der Waals surface area contributed by atoms with E-state index in [-0.39, 0.29) is 6.10 Å². The minimum absolute atomic E-state index is 0.290. The Morgan fingerprint density at radius 1 is 1.14 bits per heavy atom. The van der Waals surface area contributed by atoms with E-state index in [1.165, 1.54) is 25.6 Å². The lowest BCUT2D eigenvalue weighted by Crippen LogP contribution is -2.21. The van der Waals surface area contributed by atoms with Crippen molar-refractivity contribution >= 4 is 50.7 Å². The number of nitrogens with one attached hydrogen (secondary N) is 2. The van der Waals surface area contributed by atoms with E-state index < -0.39 is 6.03 Å². The van der Waals surface area contributed by atoms with Crippen LogP contribution in [0.5, 0.6) is 11.5 Å². The zero-order valence-electron chi connectivity index (χ0n) is 16.6. The van der Waals surface area contributed by atoms with Crippen LogP contribution in [0, 0.1) is 6.92 Å². The van der Waals surface area contributed by atoms with E-state index in [0.29, 0.717) is 33.4 Å². The van der Waals surface area contributed by atoms with Crippen molar-refractivity contribution in [2.45, 2.75) is 20.0 Å². The molecule has 0 saturated carbocycles. The van der Waals surface area contributed by atoms with Crippen molar-refractivity contribution in [1.82, 2.24) is 9.97 Å². The summed E-state index contributed by atoms with van der Waals surface area (Å²) >= 11 is 7.65. The van der Waals surface area contributed by atoms with Crippen molar-refractivity contribution in [2.24, 2.45) is 0 Å². The number of anilines is 2. The smallest absolute Gasteiger partial charge is 0.323 e. The van der Waals surface area contributed by atoms with Crippen LogP contribution in [0.3, 0.4) is 0 Å². The summed E-state index contributed by atoms with van der Waals surface area (Å²) < 4.78 is 16.0. The average Bonchev–Trinajstić information content (AvgIpc) is 3.07. The fraction of sp³-hybridized carbons (Fsp3) is 0.316. The first-order chi connectivity index (χ1) is 13.9. The maximum atomic E-state index is 12.7. The Hall–Kier alpha value is -2.62. The topological polar surface area (TPSA) is 94.6 Å². The first-order valence-electron chi connectivity index (χ1n) is 8.66. The first-order valence-corrected chi connectivity index (χ1v) is 9.85. The van der Waals surface area contributed by atoms with Gasteiger partial charge in [0.25, 0.3) is 0 Å². The molecule has 0 aliphatic rings. The predicted octanol–water partition coefficient (Wildman–Crippen LogP) is 5.02. The van der Waals surface area contributed by atoms with Gasteiger partial charge in [-0.1, -0.05) is 22.9 Å². The lowest BCUT2D eigenvalue weighted by atomic mass is 10.1. The number of aryl methyl sites for hydroxylation is 1. The molecule has 29 heavy (non-hydrogen) atoms. The van der Waals surface area contributed by atoms with E-state index in [9.17, 15) is 4.79 Å². The molecule has 2 aromatic heterocycles. The lowest BCUT2D eigenvalue weighted by Gasteiger charge is -2.17. The molecule has 0 fully saturated rings. The van der Waals surface area contributed by atoms with Crippen LogP contribution < -0.4 is 20.1 Å². The van der Waals surface area contributed by atoms with Crippen LogP contribution in [0.15, 0.2) is 18.3 Å². The van der Waals surface area contributed by atoms with Gasteiger partial charge >= 0.3 is 6.03 Å². The number of halogens is 1. The van der Waals surface area contributed by atoms with Crippen LogP contribution in [-0.2, 0) is 4.74 Å². The molecule has 0 aliphatic carbocycles. The van der Waals surface area contributed by atoms with Gasteiger partial charge in [0, 0.05) is 18.7 Å². The van der Waals surface area contributed by atoms with Crippen molar-refractivity contribution < 1.29 is 19.0 Å². The second-order valence-corrected chi connectivity index (χ2v) is 7.71. The van der Waals surface area contributed by atoms with Gasteiger partial charge < -0.3 is 24.8 Å². The van der Waals surface area contributed by atoms with Crippen LogP contribution in [-0.4, -0.2) is 37.3 Å². The zero-order chi connectivity index (χ0) is 21.1. The molecule has 2 amide bonds. The van der Waals surface area contributed by atoms with Gasteiger partial charge in [-0.25, -0.2) is 14.8 Å². The highest BCUT2D eigenvalue weighted by molar-refractivity contribution is 7.18. The molecule has 8 nitrogen and oxygen atoms in total. The van der Waals surface area contributed by atoms with E-state index in [0.717, 1.165) is 15.4 Å². The molecule has 154 valence electrons. The Morgan fingerprint density at radius 2 is 1.83 bits per heavy atom. The molecule has 0 bridgehead atoms. The number of hydrogen-bond donors (Lipinski definition) is 2. The number of ether oxygens (including phenoxy) is 3. The predicted molar refractivity (Wildman–Crippen MR) is 115 cm³/mol. The van der Waals surface area contributed by atoms with Crippen molar-refractivity contribution in [3.63, 3.8) is 0 Å². The van der Waals surface area contributed by atoms with Crippen LogP contribution >= 0.6 is 22.9 Å². The second-order valence-electron chi connectivity index (χ2n) is 6.12. The quantitative estimate of drug-likeness (QED) is 0.563. The number of carbonyl (C=O) groups is 1. The van der Waals surface area contributed by atoms with Gasteiger partial charge in [-0.3, -0.25) is 0 Å². The number of pyridine rings is 1. The highest BCUT2D eigenvalue weighted by Crippen LogP contribution is 2.37. The van der Waals surface area contributed by atoms with E-state index >= 15 is 0 Å². The average molecular weight is 437 g/mol. The fourth-order valence-electron chi connectivity index (χ4n) is 2.86. The number of fused-ring (bicyclic) bond motifs is 1. The molecule has 1 aromatic carbocycles. The lowest BCUT2D eigenvalue weighted by molar-refractivity contribution is 0.121. The second kappa shape index (κ2) is 8.81. The summed E-state index contributed by atoms with van der Waals surface area (Å²) in [4.78, 5) is 22.4. The SMILES string of the molecule is COc1cc(OC)c(NC(=O)Nc2cnc3sc(C)nc3c2C(C)OC)cc1Cl. The summed E-state index contributed by atoms with van der Waals surface area (Å²) in [7, 11) is 4.60. The number of benzene rings is 1. The summed E-state index contributed by atoms with van der Waals surface area (Å²) in [5, 5.41) is 6.79. The molecule has 0 spiro atoms. The van der Waals surface area contributed by atoms with Crippen LogP contribution in [0.4, 0.5) is 16.2 Å². The van der Waals surface area contributed by atoms with Crippen LogP contribution in [0.1, 0.15) is 23.6 Å². The van der Waals surface area contributed by atoms with Crippen molar-refractivity contribution in [2.75, 3.05) is 32.0 Å². The summed E-state index contributed by atoms with van der Waals surface area (Å²) in [6.45, 7) is 3.80. The van der Waals surface area contributed by atoms with E-state index in [1.54, 1.807) is 25.4 Å². The minimum Gasteiger partial charge on any atom is -0.495 e. The van der Waals surface area contributed by atoms with Crippen molar-refractivity contribution in [3.05, 3.63) is 33.9 Å². The van der Waals surface area contributed by atoms with Crippen molar-refractivity contribution in [1.29, 1.82) is 0 Å². The monoisotopic (exact) mass is 436 g/mol. The van der Waals surface area contributed by atoms with Gasteiger partial charge in [0.2, 0.25) is 0 Å². The van der Waals surface area contributed by atoms with Crippen LogP contribution in [0.25, 0.3) is 10.3 Å². The molecule has 2 N–H and O–H groups in total. The summed E-state index contributed by atoms with van der Waals surface area (Å²) in [6.07, 6.45) is 1.31. The Morgan fingerprint density at radius 3 is 2.48 bits per heavy atom. The molecule has 2 heterocycles. The highest BCUT2D eigenvalue weighted by atomic mass is 35.5. The number of aromatic nitrogens is 2. The molecule has 0 radical (unpaired) electrons.